The Morgan fingerprint density at radius 3 is 2.12 bits per heavy atom. The molecule has 0 fully saturated rings. The molecule has 0 atom stereocenters. The Morgan fingerprint density at radius 2 is 1.45 bits per heavy atom. The van der Waals surface area contributed by atoms with Crippen molar-refractivity contribution >= 4 is 22.9 Å². The molecule has 0 saturated heterocycles. The van der Waals surface area contributed by atoms with Gasteiger partial charge in [-0.2, -0.15) is 0 Å². The van der Waals surface area contributed by atoms with E-state index >= 15 is 0 Å². The molecule has 0 bridgehead atoms. The van der Waals surface area contributed by atoms with Gasteiger partial charge in [0, 0.05) is 29.5 Å². The normalized spacial score (nSPS) is 15.4. The van der Waals surface area contributed by atoms with Crippen molar-refractivity contribution in [3.05, 3.63) is 108 Å². The number of benzene rings is 2. The number of hydrogen-bond donors (Lipinski definition) is 1. The maximum absolute atomic E-state index is 11.8. The van der Waals surface area contributed by atoms with Gasteiger partial charge in [0.2, 0.25) is 6.34 Å². The summed E-state index contributed by atoms with van der Waals surface area (Å²) in [4.78, 5) is 11.8. The van der Waals surface area contributed by atoms with Gasteiger partial charge in [-0.25, -0.2) is 0 Å². The van der Waals surface area contributed by atoms with Crippen LogP contribution in [0.3, 0.4) is 0 Å². The zero-order valence-corrected chi connectivity index (χ0v) is 32.8. The molecule has 6 rings (SSSR count). The fourth-order valence-corrected chi connectivity index (χ4v) is 7.34. The molecule has 6 nitrogen and oxygen atoms in total. The van der Waals surface area contributed by atoms with Crippen molar-refractivity contribution in [2.45, 2.75) is 117 Å². The third-order valence-corrected chi connectivity index (χ3v) is 10.3. The van der Waals surface area contributed by atoms with E-state index < -0.39 is 11.2 Å². The average Bonchev–Trinajstić information content (AvgIpc) is 3.44. The lowest BCUT2D eigenvalue weighted by Crippen LogP contribution is -2.57. The fourth-order valence-electron chi connectivity index (χ4n) is 7.34. The molecular weight excluding hydrogens is 627 g/mol. The van der Waals surface area contributed by atoms with Crippen LogP contribution < -0.4 is 0 Å². The van der Waals surface area contributed by atoms with Crippen LogP contribution in [-0.2, 0) is 21.9 Å². The van der Waals surface area contributed by atoms with Gasteiger partial charge in [-0.05, 0) is 90.6 Å². The monoisotopic (exact) mass is 681 g/mol. The Kier molecular flexibility index (Phi) is 8.64. The maximum Gasteiger partial charge on any atom is 0.208 e. The quantitative estimate of drug-likeness (QED) is 0.148. The molecule has 0 radical (unpaired) electrons. The summed E-state index contributed by atoms with van der Waals surface area (Å²) < 4.78 is 4.25. The van der Waals surface area contributed by atoms with Crippen LogP contribution in [0.1, 0.15) is 107 Å². The summed E-state index contributed by atoms with van der Waals surface area (Å²) in [5.41, 5.74) is 8.06. The summed E-state index contributed by atoms with van der Waals surface area (Å²) in [6, 6.07) is 19.3. The number of phenolic OH excluding ortho intramolecular Hbond substituents is 1. The van der Waals surface area contributed by atoms with Crippen molar-refractivity contribution in [2.75, 3.05) is 0 Å². The van der Waals surface area contributed by atoms with Gasteiger partial charge in [-0.15, -0.1) is 0 Å². The highest BCUT2D eigenvalue weighted by molar-refractivity contribution is 5.95. The van der Waals surface area contributed by atoms with Crippen LogP contribution in [-0.4, -0.2) is 41.0 Å². The standard InChI is InChI=1S/C45H55N5O/c1-41(2,3)31-25-36(43(7,8)9)40(51)38(26-31)48-23-20-44(10,11)50(29-48)45(12,13)49-28-34(33-19-21-46-27-39(33)49)37-24-30(18-22-47-37)32-16-14-15-17-35(32)42(4,5)6/h14-28,51H,1-13H3. The van der Waals surface area contributed by atoms with Crippen molar-refractivity contribution in [1.82, 2.24) is 19.4 Å². The van der Waals surface area contributed by atoms with E-state index in [1.165, 1.54) is 11.1 Å². The van der Waals surface area contributed by atoms with Crippen LogP contribution in [0.2, 0.25) is 0 Å². The van der Waals surface area contributed by atoms with Crippen molar-refractivity contribution < 1.29 is 9.68 Å². The first-order valence-corrected chi connectivity index (χ1v) is 18.1. The number of pyridine rings is 2. The van der Waals surface area contributed by atoms with Gasteiger partial charge < -0.3 is 14.2 Å². The molecular formula is C45H55N5O. The lowest BCUT2D eigenvalue weighted by atomic mass is 9.79. The lowest BCUT2D eigenvalue weighted by molar-refractivity contribution is -0.371. The summed E-state index contributed by atoms with van der Waals surface area (Å²) in [5.74, 6) is 0.280. The number of rotatable bonds is 5. The number of aromatic hydroxyl groups is 1. The smallest absolute Gasteiger partial charge is 0.208 e. The highest BCUT2D eigenvalue weighted by Gasteiger charge is 2.43. The molecule has 6 heteroatoms. The summed E-state index contributed by atoms with van der Waals surface area (Å²) >= 11 is 0. The molecule has 2 aromatic carbocycles. The van der Waals surface area contributed by atoms with Crippen LogP contribution in [0.4, 0.5) is 5.69 Å². The topological polar surface area (TPSA) is 57.2 Å². The molecule has 4 heterocycles. The van der Waals surface area contributed by atoms with Crippen LogP contribution >= 0.6 is 0 Å². The van der Waals surface area contributed by atoms with Gasteiger partial charge >= 0.3 is 0 Å². The Morgan fingerprint density at radius 1 is 0.765 bits per heavy atom. The Balaban J connectivity index is 1.50. The minimum atomic E-state index is -0.618. The van der Waals surface area contributed by atoms with Crippen LogP contribution in [0, 0.1) is 0 Å². The minimum Gasteiger partial charge on any atom is -0.516 e. The molecule has 1 N–H and O–H groups in total. The first-order valence-electron chi connectivity index (χ1n) is 18.1. The molecule has 1 aliphatic rings. The van der Waals surface area contributed by atoms with E-state index in [1.807, 2.05) is 29.4 Å². The van der Waals surface area contributed by atoms with Gasteiger partial charge in [0.05, 0.1) is 23.1 Å². The number of phenols is 1. The highest BCUT2D eigenvalue weighted by Crippen LogP contribution is 2.44. The minimum absolute atomic E-state index is 0.00147. The summed E-state index contributed by atoms with van der Waals surface area (Å²) in [6.07, 6.45) is 15.9. The predicted octanol–water partition coefficient (Wildman–Crippen LogP) is 10.9. The largest absolute Gasteiger partial charge is 0.516 e. The summed E-state index contributed by atoms with van der Waals surface area (Å²) in [5, 5.41) is 12.9. The fraction of sp³-hybridized carbons (Fsp3) is 0.400. The van der Waals surface area contributed by atoms with E-state index in [0.717, 1.165) is 44.5 Å². The third kappa shape index (κ3) is 6.61. The van der Waals surface area contributed by atoms with E-state index in [0.29, 0.717) is 0 Å². The number of nitrogens with zero attached hydrogens (tertiary/aromatic N) is 5. The maximum atomic E-state index is 11.8. The molecule has 0 spiro atoms. The van der Waals surface area contributed by atoms with Crippen molar-refractivity contribution in [3.63, 3.8) is 0 Å². The Hall–Kier alpha value is -4.71. The van der Waals surface area contributed by atoms with Crippen molar-refractivity contribution in [2.24, 2.45) is 0 Å². The molecule has 5 aromatic rings. The van der Waals surface area contributed by atoms with E-state index in [9.17, 15) is 5.11 Å². The molecule has 51 heavy (non-hydrogen) atoms. The highest BCUT2D eigenvalue weighted by atomic mass is 16.3. The van der Waals surface area contributed by atoms with Crippen molar-refractivity contribution in [3.8, 4) is 28.1 Å². The molecule has 0 saturated carbocycles. The SMILES string of the molecule is CC(C)(C)c1cc([N+]2=[C-]N(C(C)(C)n3cc(-c4cc(-c5ccccc5C(C)(C)C)ccn4)c4ccncc43)C(C)(C)C=C2)c(O)c(C(C)(C)C)c1. The Bertz CT molecular complexity index is 2180. The first kappa shape index (κ1) is 36.1. The molecule has 3 aromatic heterocycles. The second kappa shape index (κ2) is 12.2. The number of aromatic nitrogens is 3. The summed E-state index contributed by atoms with van der Waals surface area (Å²) in [7, 11) is 0. The van der Waals surface area contributed by atoms with Crippen molar-refractivity contribution in [1.29, 1.82) is 0 Å². The number of hydrogen-bond acceptors (Lipinski definition) is 4. The third-order valence-electron chi connectivity index (χ3n) is 10.3. The zero-order chi connectivity index (χ0) is 37.3. The molecule has 0 amide bonds. The van der Waals surface area contributed by atoms with Gasteiger partial charge in [0.1, 0.15) is 11.3 Å². The second-order valence-corrected chi connectivity index (χ2v) is 18.2. The molecule has 1 aliphatic heterocycles. The predicted molar refractivity (Wildman–Crippen MR) is 212 cm³/mol. The van der Waals surface area contributed by atoms with Crippen LogP contribution in [0.25, 0.3) is 33.3 Å². The van der Waals surface area contributed by atoms with Crippen LogP contribution in [0.15, 0.2) is 91.7 Å². The van der Waals surface area contributed by atoms with E-state index in [1.54, 1.807) is 0 Å². The zero-order valence-electron chi connectivity index (χ0n) is 32.8. The van der Waals surface area contributed by atoms with E-state index in [4.69, 9.17) is 4.98 Å². The van der Waals surface area contributed by atoms with Gasteiger partial charge in [0.25, 0.3) is 0 Å². The van der Waals surface area contributed by atoms with Crippen LogP contribution in [0.5, 0.6) is 5.75 Å². The van der Waals surface area contributed by atoms with Gasteiger partial charge in [-0.1, -0.05) is 110 Å². The summed E-state index contributed by atoms with van der Waals surface area (Å²) in [6.45, 7) is 28.7. The number of fused-ring (bicyclic) bond motifs is 1. The van der Waals surface area contributed by atoms with E-state index in [-0.39, 0.29) is 22.0 Å². The first-order chi connectivity index (χ1) is 23.6. The molecule has 266 valence electrons. The Labute approximate surface area is 305 Å². The lowest BCUT2D eigenvalue weighted by Gasteiger charge is -2.46. The molecule has 0 unspecified atom stereocenters. The second-order valence-electron chi connectivity index (χ2n) is 18.2. The average molecular weight is 682 g/mol. The van der Waals surface area contributed by atoms with Gasteiger partial charge in [-0.3, -0.25) is 14.9 Å². The van der Waals surface area contributed by atoms with Gasteiger partial charge in [0.15, 0.2) is 5.66 Å². The molecule has 0 aliphatic carbocycles. The van der Waals surface area contributed by atoms with E-state index in [2.05, 4.69) is 178 Å².